The van der Waals surface area contributed by atoms with Crippen LogP contribution in [0.2, 0.25) is 5.02 Å². The van der Waals surface area contributed by atoms with Crippen LogP contribution in [0.4, 0.5) is 5.00 Å². The summed E-state index contributed by atoms with van der Waals surface area (Å²) in [6.45, 7) is 1.66. The summed E-state index contributed by atoms with van der Waals surface area (Å²) in [6.07, 6.45) is 0. The molecule has 19 heavy (non-hydrogen) atoms. The fourth-order valence-corrected chi connectivity index (χ4v) is 2.45. The summed E-state index contributed by atoms with van der Waals surface area (Å²) in [7, 11) is 0. The highest BCUT2D eigenvalue weighted by molar-refractivity contribution is 7.11. The maximum Gasteiger partial charge on any atom is 0.256 e. The van der Waals surface area contributed by atoms with Crippen LogP contribution in [0.1, 0.15) is 26.4 Å². The van der Waals surface area contributed by atoms with Crippen molar-refractivity contribution in [3.05, 3.63) is 46.1 Å². The number of primary amides is 1. The van der Waals surface area contributed by atoms with E-state index in [9.17, 15) is 9.59 Å². The van der Waals surface area contributed by atoms with E-state index in [4.69, 9.17) is 17.3 Å². The number of anilines is 1. The minimum Gasteiger partial charge on any atom is -0.365 e. The Labute approximate surface area is 118 Å². The van der Waals surface area contributed by atoms with E-state index in [-0.39, 0.29) is 11.5 Å². The third-order valence-electron chi connectivity index (χ3n) is 2.44. The summed E-state index contributed by atoms with van der Waals surface area (Å²) in [5, 5.41) is 3.52. The van der Waals surface area contributed by atoms with Crippen LogP contribution in [0.25, 0.3) is 0 Å². The number of aromatic nitrogens is 1. The normalized spacial score (nSPS) is 10.2. The number of halogens is 1. The van der Waals surface area contributed by atoms with Gasteiger partial charge in [0.05, 0.1) is 11.3 Å². The topological polar surface area (TPSA) is 85.1 Å². The molecular weight excluding hydrogens is 286 g/mol. The van der Waals surface area contributed by atoms with E-state index >= 15 is 0 Å². The fraction of sp³-hybridized carbons (Fsp3) is 0.0833. The van der Waals surface area contributed by atoms with E-state index in [0.717, 1.165) is 11.5 Å². The van der Waals surface area contributed by atoms with Crippen molar-refractivity contribution in [2.45, 2.75) is 6.92 Å². The molecule has 0 aliphatic rings. The Morgan fingerprint density at radius 2 is 1.95 bits per heavy atom. The highest BCUT2D eigenvalue weighted by Crippen LogP contribution is 2.24. The van der Waals surface area contributed by atoms with Crippen molar-refractivity contribution in [1.82, 2.24) is 4.37 Å². The maximum atomic E-state index is 12.0. The number of amides is 2. The van der Waals surface area contributed by atoms with Gasteiger partial charge in [0.15, 0.2) is 0 Å². The molecule has 0 atom stereocenters. The molecule has 0 bridgehead atoms. The average Bonchev–Trinajstić information content (AvgIpc) is 2.71. The standard InChI is InChI=1S/C12H10ClN3O2S/c1-6-9(10(14)17)12(19-16-6)15-11(18)7-2-4-8(13)5-3-7/h2-5H,1H3,(H2,14,17)(H,15,18). The average molecular weight is 296 g/mol. The van der Waals surface area contributed by atoms with Gasteiger partial charge in [0, 0.05) is 10.6 Å². The van der Waals surface area contributed by atoms with Gasteiger partial charge in [0.1, 0.15) is 5.00 Å². The summed E-state index contributed by atoms with van der Waals surface area (Å²) >= 11 is 6.77. The van der Waals surface area contributed by atoms with Gasteiger partial charge in [0.2, 0.25) is 0 Å². The largest absolute Gasteiger partial charge is 0.365 e. The van der Waals surface area contributed by atoms with Gasteiger partial charge in [-0.1, -0.05) is 11.6 Å². The smallest absolute Gasteiger partial charge is 0.256 e. The van der Waals surface area contributed by atoms with Crippen LogP contribution in [0.15, 0.2) is 24.3 Å². The predicted molar refractivity (Wildman–Crippen MR) is 74.8 cm³/mol. The number of nitrogens with two attached hydrogens (primary N) is 1. The third kappa shape index (κ3) is 2.91. The number of benzene rings is 1. The lowest BCUT2D eigenvalue weighted by molar-refractivity contribution is 0.100. The van der Waals surface area contributed by atoms with Crippen LogP contribution in [0.5, 0.6) is 0 Å². The van der Waals surface area contributed by atoms with Crippen molar-refractivity contribution in [1.29, 1.82) is 0 Å². The van der Waals surface area contributed by atoms with Gasteiger partial charge in [-0.2, -0.15) is 4.37 Å². The van der Waals surface area contributed by atoms with E-state index in [1.54, 1.807) is 31.2 Å². The Hall–Kier alpha value is -1.92. The molecule has 2 amide bonds. The molecule has 0 spiro atoms. The summed E-state index contributed by atoms with van der Waals surface area (Å²) in [5.41, 5.74) is 6.44. The van der Waals surface area contributed by atoms with Crippen LogP contribution in [-0.2, 0) is 0 Å². The Morgan fingerprint density at radius 3 is 2.53 bits per heavy atom. The van der Waals surface area contributed by atoms with E-state index in [1.165, 1.54) is 0 Å². The minimum atomic E-state index is -0.613. The Balaban J connectivity index is 2.24. The molecule has 3 N–H and O–H groups in total. The zero-order chi connectivity index (χ0) is 14.0. The van der Waals surface area contributed by atoms with Crippen molar-refractivity contribution in [3.63, 3.8) is 0 Å². The molecule has 98 valence electrons. The first-order chi connectivity index (χ1) is 8.99. The van der Waals surface area contributed by atoms with Crippen LogP contribution in [-0.4, -0.2) is 16.2 Å². The molecule has 0 saturated heterocycles. The van der Waals surface area contributed by atoms with Gasteiger partial charge in [0.25, 0.3) is 11.8 Å². The van der Waals surface area contributed by atoms with E-state index < -0.39 is 5.91 Å². The van der Waals surface area contributed by atoms with Gasteiger partial charge < -0.3 is 11.1 Å². The second-order valence-electron chi connectivity index (χ2n) is 3.80. The molecule has 0 aliphatic heterocycles. The first-order valence-electron chi connectivity index (χ1n) is 5.32. The molecular formula is C12H10ClN3O2S. The predicted octanol–water partition coefficient (Wildman–Crippen LogP) is 2.46. The fourth-order valence-electron chi connectivity index (χ4n) is 1.52. The molecule has 0 radical (unpaired) electrons. The number of hydrogen-bond acceptors (Lipinski definition) is 4. The summed E-state index contributed by atoms with van der Waals surface area (Å²) in [6, 6.07) is 6.41. The first kappa shape index (κ1) is 13.5. The summed E-state index contributed by atoms with van der Waals surface area (Å²) in [5.74, 6) is -0.958. The van der Waals surface area contributed by atoms with E-state index in [2.05, 4.69) is 9.69 Å². The number of hydrogen-bond donors (Lipinski definition) is 2. The molecule has 0 unspecified atom stereocenters. The lowest BCUT2D eigenvalue weighted by atomic mass is 10.2. The molecule has 2 aromatic rings. The number of nitrogens with one attached hydrogen (secondary N) is 1. The first-order valence-corrected chi connectivity index (χ1v) is 6.47. The lowest BCUT2D eigenvalue weighted by Crippen LogP contribution is -2.17. The van der Waals surface area contributed by atoms with Crippen LogP contribution in [0.3, 0.4) is 0 Å². The highest BCUT2D eigenvalue weighted by atomic mass is 35.5. The number of carbonyl (C=O) groups excluding carboxylic acids is 2. The van der Waals surface area contributed by atoms with Gasteiger partial charge in [-0.05, 0) is 42.7 Å². The number of carbonyl (C=O) groups is 2. The molecule has 1 aromatic carbocycles. The zero-order valence-corrected chi connectivity index (χ0v) is 11.5. The SMILES string of the molecule is Cc1nsc(NC(=O)c2ccc(Cl)cc2)c1C(N)=O. The third-order valence-corrected chi connectivity index (χ3v) is 3.55. The van der Waals surface area contributed by atoms with Gasteiger partial charge in [-0.3, -0.25) is 9.59 Å². The molecule has 0 saturated carbocycles. The van der Waals surface area contributed by atoms with Crippen molar-refractivity contribution in [2.24, 2.45) is 5.73 Å². The Bertz CT molecular complexity index is 637. The molecule has 1 heterocycles. The van der Waals surface area contributed by atoms with Crippen LogP contribution in [0, 0.1) is 6.92 Å². The van der Waals surface area contributed by atoms with Gasteiger partial charge in [-0.25, -0.2) is 0 Å². The van der Waals surface area contributed by atoms with Crippen molar-refractivity contribution in [3.8, 4) is 0 Å². The van der Waals surface area contributed by atoms with E-state index in [0.29, 0.717) is 21.3 Å². The highest BCUT2D eigenvalue weighted by Gasteiger charge is 2.18. The zero-order valence-electron chi connectivity index (χ0n) is 9.94. The number of rotatable bonds is 3. The van der Waals surface area contributed by atoms with Crippen molar-refractivity contribution in [2.75, 3.05) is 5.32 Å². The Kier molecular flexibility index (Phi) is 3.82. The number of nitrogens with zero attached hydrogens (tertiary/aromatic N) is 1. The van der Waals surface area contributed by atoms with Crippen LogP contribution < -0.4 is 11.1 Å². The second kappa shape index (κ2) is 5.38. The van der Waals surface area contributed by atoms with E-state index in [1.807, 2.05) is 0 Å². The summed E-state index contributed by atoms with van der Waals surface area (Å²) < 4.78 is 4.00. The van der Waals surface area contributed by atoms with Gasteiger partial charge in [-0.15, -0.1) is 0 Å². The van der Waals surface area contributed by atoms with Gasteiger partial charge >= 0.3 is 0 Å². The quantitative estimate of drug-likeness (QED) is 0.912. The molecule has 7 heteroatoms. The molecule has 1 aromatic heterocycles. The lowest BCUT2D eigenvalue weighted by Gasteiger charge is -2.04. The van der Waals surface area contributed by atoms with Crippen molar-refractivity contribution < 1.29 is 9.59 Å². The van der Waals surface area contributed by atoms with Crippen LogP contribution >= 0.6 is 23.1 Å². The minimum absolute atomic E-state index is 0.243. The number of aryl methyl sites for hydroxylation is 1. The second-order valence-corrected chi connectivity index (χ2v) is 5.01. The molecule has 5 nitrogen and oxygen atoms in total. The molecule has 0 aliphatic carbocycles. The molecule has 2 rings (SSSR count). The molecule has 0 fully saturated rings. The van der Waals surface area contributed by atoms with Crippen molar-refractivity contribution >= 4 is 39.9 Å². The summed E-state index contributed by atoms with van der Waals surface area (Å²) in [4.78, 5) is 23.3. The Morgan fingerprint density at radius 1 is 1.32 bits per heavy atom. The monoisotopic (exact) mass is 295 g/mol. The maximum absolute atomic E-state index is 12.0.